The Morgan fingerprint density at radius 2 is 2.10 bits per heavy atom. The quantitative estimate of drug-likeness (QED) is 0.876. The smallest absolute Gasteiger partial charge is 0.150 e. The highest BCUT2D eigenvalue weighted by molar-refractivity contribution is 5.84. The van der Waals surface area contributed by atoms with Crippen molar-refractivity contribution in [1.29, 1.82) is 0 Å². The zero-order valence-corrected chi connectivity index (χ0v) is 12.7. The minimum Gasteiger partial charge on any atom is -0.320 e. The number of likely N-dealkylation sites (tertiary alicyclic amines) is 1. The second-order valence-electron chi connectivity index (χ2n) is 5.82. The standard InChI is InChI=1S/C17H25FN2O/c1-2-16(21)17(19)15-5-3-4-11-20(15)12-10-13-6-8-14(18)9-7-13/h6-9,15,17H,2-5,10-12,19H2,1H3. The average Bonchev–Trinajstić information content (AvgIpc) is 2.53. The first kappa shape index (κ1) is 16.1. The summed E-state index contributed by atoms with van der Waals surface area (Å²) in [7, 11) is 0. The molecular formula is C17H25FN2O. The Morgan fingerprint density at radius 1 is 1.38 bits per heavy atom. The van der Waals surface area contributed by atoms with Gasteiger partial charge >= 0.3 is 0 Å². The van der Waals surface area contributed by atoms with Gasteiger partial charge < -0.3 is 5.73 Å². The molecule has 2 rings (SSSR count). The molecule has 0 radical (unpaired) electrons. The fraction of sp³-hybridized carbons (Fsp3) is 0.588. The summed E-state index contributed by atoms with van der Waals surface area (Å²) in [5.41, 5.74) is 7.26. The van der Waals surface area contributed by atoms with E-state index in [9.17, 15) is 9.18 Å². The van der Waals surface area contributed by atoms with Crippen molar-refractivity contribution in [2.24, 2.45) is 5.73 Å². The normalized spacial score (nSPS) is 21.2. The van der Waals surface area contributed by atoms with Crippen LogP contribution in [0.15, 0.2) is 24.3 Å². The minimum atomic E-state index is -0.372. The van der Waals surface area contributed by atoms with Crippen molar-refractivity contribution in [3.8, 4) is 0 Å². The topological polar surface area (TPSA) is 46.3 Å². The van der Waals surface area contributed by atoms with Gasteiger partial charge in [-0.2, -0.15) is 0 Å². The molecule has 1 aliphatic rings. The van der Waals surface area contributed by atoms with Gasteiger partial charge in [0.05, 0.1) is 6.04 Å². The molecule has 1 aromatic carbocycles. The largest absolute Gasteiger partial charge is 0.320 e. The summed E-state index contributed by atoms with van der Waals surface area (Å²) in [6, 6.07) is 6.43. The van der Waals surface area contributed by atoms with E-state index in [0.29, 0.717) is 6.42 Å². The molecule has 0 amide bonds. The van der Waals surface area contributed by atoms with E-state index < -0.39 is 0 Å². The van der Waals surface area contributed by atoms with Crippen LogP contribution in [0.4, 0.5) is 4.39 Å². The van der Waals surface area contributed by atoms with Crippen LogP contribution in [-0.2, 0) is 11.2 Å². The summed E-state index contributed by atoms with van der Waals surface area (Å²) in [6.07, 6.45) is 4.67. The van der Waals surface area contributed by atoms with Crippen molar-refractivity contribution in [2.45, 2.75) is 51.1 Å². The molecule has 116 valence electrons. The van der Waals surface area contributed by atoms with Crippen LogP contribution in [0.2, 0.25) is 0 Å². The highest BCUT2D eigenvalue weighted by atomic mass is 19.1. The first-order valence-corrected chi connectivity index (χ1v) is 7.88. The van der Waals surface area contributed by atoms with Crippen LogP contribution in [0.5, 0.6) is 0 Å². The molecule has 0 spiro atoms. The van der Waals surface area contributed by atoms with Crippen LogP contribution < -0.4 is 5.73 Å². The van der Waals surface area contributed by atoms with Crippen LogP contribution in [0, 0.1) is 5.82 Å². The van der Waals surface area contributed by atoms with Gasteiger partial charge in [-0.1, -0.05) is 25.5 Å². The molecule has 21 heavy (non-hydrogen) atoms. The molecule has 1 saturated heterocycles. The van der Waals surface area contributed by atoms with E-state index in [2.05, 4.69) is 4.90 Å². The van der Waals surface area contributed by atoms with Crippen LogP contribution in [0.1, 0.15) is 38.2 Å². The van der Waals surface area contributed by atoms with Gasteiger partial charge in [-0.05, 0) is 43.5 Å². The minimum absolute atomic E-state index is 0.147. The molecule has 2 atom stereocenters. The van der Waals surface area contributed by atoms with E-state index in [1.54, 1.807) is 0 Å². The van der Waals surface area contributed by atoms with Gasteiger partial charge in [-0.25, -0.2) is 4.39 Å². The molecule has 4 heteroatoms. The van der Waals surface area contributed by atoms with E-state index in [1.807, 2.05) is 19.1 Å². The molecule has 0 saturated carbocycles. The summed E-state index contributed by atoms with van der Waals surface area (Å²) in [4.78, 5) is 14.2. The fourth-order valence-electron chi connectivity index (χ4n) is 3.08. The van der Waals surface area contributed by atoms with Crippen LogP contribution in [0.25, 0.3) is 0 Å². The lowest BCUT2D eigenvalue weighted by atomic mass is 9.92. The number of ketones is 1. The van der Waals surface area contributed by atoms with Gasteiger partial charge in [0.15, 0.2) is 5.78 Å². The maximum absolute atomic E-state index is 12.9. The summed E-state index contributed by atoms with van der Waals surface area (Å²) >= 11 is 0. The Morgan fingerprint density at radius 3 is 2.76 bits per heavy atom. The van der Waals surface area contributed by atoms with Crippen LogP contribution >= 0.6 is 0 Å². The third kappa shape index (κ3) is 4.35. The van der Waals surface area contributed by atoms with Crippen molar-refractivity contribution in [3.63, 3.8) is 0 Å². The molecule has 1 heterocycles. The highest BCUT2D eigenvalue weighted by Gasteiger charge is 2.30. The molecule has 3 nitrogen and oxygen atoms in total. The van der Waals surface area contributed by atoms with Gasteiger partial charge in [-0.3, -0.25) is 9.69 Å². The molecule has 1 aliphatic heterocycles. The second-order valence-corrected chi connectivity index (χ2v) is 5.82. The first-order chi connectivity index (χ1) is 10.1. The lowest BCUT2D eigenvalue weighted by molar-refractivity contribution is -0.121. The van der Waals surface area contributed by atoms with Crippen molar-refractivity contribution >= 4 is 5.78 Å². The molecule has 1 aromatic rings. The van der Waals surface area contributed by atoms with E-state index in [-0.39, 0.29) is 23.7 Å². The van der Waals surface area contributed by atoms with Gasteiger partial charge in [0.25, 0.3) is 0 Å². The van der Waals surface area contributed by atoms with Crippen molar-refractivity contribution in [3.05, 3.63) is 35.6 Å². The van der Waals surface area contributed by atoms with E-state index in [4.69, 9.17) is 5.73 Å². The molecule has 0 aromatic heterocycles. The summed E-state index contributed by atoms with van der Waals surface area (Å²) in [5.74, 6) is -0.0566. The molecule has 1 fully saturated rings. The molecular weight excluding hydrogens is 267 g/mol. The zero-order chi connectivity index (χ0) is 15.2. The molecule has 0 aliphatic carbocycles. The van der Waals surface area contributed by atoms with Crippen LogP contribution in [-0.4, -0.2) is 35.9 Å². The SMILES string of the molecule is CCC(=O)C(N)C1CCCCN1CCc1ccc(F)cc1. The second kappa shape index (κ2) is 7.66. The predicted molar refractivity (Wildman–Crippen MR) is 82.6 cm³/mol. The molecule has 0 bridgehead atoms. The number of carbonyl (C=O) groups is 1. The fourth-order valence-corrected chi connectivity index (χ4v) is 3.08. The molecule has 2 N–H and O–H groups in total. The Hall–Kier alpha value is -1.26. The Labute approximate surface area is 126 Å². The van der Waals surface area contributed by atoms with Gasteiger partial charge in [-0.15, -0.1) is 0 Å². The van der Waals surface area contributed by atoms with E-state index in [1.165, 1.54) is 12.1 Å². The number of halogens is 1. The lowest BCUT2D eigenvalue weighted by Crippen LogP contribution is -2.54. The van der Waals surface area contributed by atoms with Crippen molar-refractivity contribution in [2.75, 3.05) is 13.1 Å². The third-order valence-electron chi connectivity index (χ3n) is 4.40. The Bertz CT molecular complexity index is 460. The van der Waals surface area contributed by atoms with Crippen molar-refractivity contribution in [1.82, 2.24) is 4.90 Å². The summed E-state index contributed by atoms with van der Waals surface area (Å²) < 4.78 is 12.9. The number of Topliss-reactive ketones (excluding diaryl/α,β-unsaturated/α-hetero) is 1. The lowest BCUT2D eigenvalue weighted by Gasteiger charge is -2.38. The summed E-state index contributed by atoms with van der Waals surface area (Å²) in [5, 5.41) is 0. The number of piperidine rings is 1. The third-order valence-corrected chi connectivity index (χ3v) is 4.40. The van der Waals surface area contributed by atoms with Crippen LogP contribution in [0.3, 0.4) is 0 Å². The number of carbonyl (C=O) groups excluding carboxylic acids is 1. The van der Waals surface area contributed by atoms with Gasteiger partial charge in [0, 0.05) is 19.0 Å². The Kier molecular flexibility index (Phi) is 5.88. The highest BCUT2D eigenvalue weighted by Crippen LogP contribution is 2.20. The van der Waals surface area contributed by atoms with E-state index in [0.717, 1.165) is 44.3 Å². The maximum atomic E-state index is 12.9. The number of hydrogen-bond acceptors (Lipinski definition) is 3. The first-order valence-electron chi connectivity index (χ1n) is 7.88. The number of nitrogens with zero attached hydrogens (tertiary/aromatic N) is 1. The average molecular weight is 292 g/mol. The molecule has 2 unspecified atom stereocenters. The zero-order valence-electron chi connectivity index (χ0n) is 12.7. The number of hydrogen-bond donors (Lipinski definition) is 1. The number of benzene rings is 1. The van der Waals surface area contributed by atoms with Crippen molar-refractivity contribution < 1.29 is 9.18 Å². The monoisotopic (exact) mass is 292 g/mol. The van der Waals surface area contributed by atoms with E-state index >= 15 is 0 Å². The summed E-state index contributed by atoms with van der Waals surface area (Å²) in [6.45, 7) is 3.74. The maximum Gasteiger partial charge on any atom is 0.150 e. The predicted octanol–water partition coefficient (Wildman–Crippen LogP) is 2.53. The number of nitrogens with two attached hydrogens (primary N) is 1. The Balaban J connectivity index is 1.95. The number of rotatable bonds is 6. The van der Waals surface area contributed by atoms with Gasteiger partial charge in [0.1, 0.15) is 5.82 Å². The van der Waals surface area contributed by atoms with Gasteiger partial charge in [0.2, 0.25) is 0 Å².